The van der Waals surface area contributed by atoms with Crippen LogP contribution in [-0.4, -0.2) is 18.1 Å². The molecular weight excluding hydrogens is 445 g/mol. The Morgan fingerprint density at radius 3 is 1.91 bits per heavy atom. The maximum Gasteiger partial charge on any atom is 0.271 e. The van der Waals surface area contributed by atoms with Crippen molar-refractivity contribution < 1.29 is 13.2 Å². The van der Waals surface area contributed by atoms with Gasteiger partial charge in [0.1, 0.15) is 5.67 Å². The smallest absolute Gasteiger partial charge is 0.260 e. The van der Waals surface area contributed by atoms with Crippen LogP contribution in [0.4, 0.5) is 13.2 Å². The molecule has 1 aliphatic rings. The maximum atomic E-state index is 15.2. The average molecular weight is 483 g/mol. The zero-order chi connectivity index (χ0) is 26.6. The van der Waals surface area contributed by atoms with E-state index in [1.54, 1.807) is 6.07 Å². The Morgan fingerprint density at radius 1 is 0.829 bits per heavy atom. The van der Waals surface area contributed by atoms with Gasteiger partial charge in [0.15, 0.2) is 5.84 Å². The largest absolute Gasteiger partial charge is 0.271 e. The lowest BCUT2D eigenvalue weighted by atomic mass is 9.76. The van der Waals surface area contributed by atoms with Crippen molar-refractivity contribution in [2.75, 3.05) is 6.54 Å². The van der Waals surface area contributed by atoms with E-state index in [0.29, 0.717) is 11.5 Å². The van der Waals surface area contributed by atoms with Crippen molar-refractivity contribution in [2.45, 2.75) is 84.7 Å². The van der Waals surface area contributed by atoms with Gasteiger partial charge in [0.25, 0.3) is 5.92 Å². The SMILES string of the molecule is C=Cc1c(C2=NCC(c3c(C(C)(C)F)cccc3C(C)(F)F)=N2)cc(C(C)(C)C)cc1C(C)(C)C. The summed E-state index contributed by atoms with van der Waals surface area (Å²) in [4.78, 5) is 9.41. The minimum absolute atomic E-state index is 0.104. The molecule has 0 atom stereocenters. The highest BCUT2D eigenvalue weighted by Gasteiger charge is 2.36. The fourth-order valence-corrected chi connectivity index (χ4v) is 4.46. The molecule has 0 saturated heterocycles. The molecule has 0 N–H and O–H groups in total. The van der Waals surface area contributed by atoms with E-state index in [2.05, 4.69) is 65.2 Å². The van der Waals surface area contributed by atoms with Gasteiger partial charge in [-0.05, 0) is 53.0 Å². The zero-order valence-corrected chi connectivity index (χ0v) is 22.4. The number of halogens is 3. The molecule has 0 amide bonds. The minimum atomic E-state index is -3.15. The monoisotopic (exact) mass is 482 g/mol. The number of hydrogen-bond donors (Lipinski definition) is 0. The average Bonchev–Trinajstić information content (AvgIpc) is 3.19. The predicted octanol–water partition coefficient (Wildman–Crippen LogP) is 8.49. The van der Waals surface area contributed by atoms with Gasteiger partial charge < -0.3 is 0 Å². The van der Waals surface area contributed by atoms with Gasteiger partial charge in [-0.25, -0.2) is 18.2 Å². The molecule has 0 fully saturated rings. The van der Waals surface area contributed by atoms with Crippen molar-refractivity contribution >= 4 is 17.6 Å². The Bertz CT molecular complexity index is 1180. The van der Waals surface area contributed by atoms with Crippen LogP contribution in [0, 0.1) is 0 Å². The topological polar surface area (TPSA) is 24.7 Å². The number of amidine groups is 1. The molecule has 0 radical (unpaired) electrons. The molecule has 2 aromatic carbocycles. The molecule has 0 saturated carbocycles. The molecule has 3 rings (SSSR count). The molecule has 0 aliphatic carbocycles. The lowest BCUT2D eigenvalue weighted by Gasteiger charge is -2.28. The van der Waals surface area contributed by atoms with E-state index in [4.69, 9.17) is 4.99 Å². The van der Waals surface area contributed by atoms with E-state index in [1.165, 1.54) is 26.0 Å². The predicted molar refractivity (Wildman–Crippen MR) is 142 cm³/mol. The summed E-state index contributed by atoms with van der Waals surface area (Å²) in [7, 11) is 0. The third-order valence-corrected chi connectivity index (χ3v) is 6.38. The Balaban J connectivity index is 2.29. The van der Waals surface area contributed by atoms with E-state index in [0.717, 1.165) is 29.2 Å². The van der Waals surface area contributed by atoms with Crippen molar-refractivity contribution in [3.05, 3.63) is 75.9 Å². The Hall–Kier alpha value is -2.69. The summed E-state index contributed by atoms with van der Waals surface area (Å²) in [5, 5.41) is 0. The molecule has 1 heterocycles. The fraction of sp³-hybridized carbons (Fsp3) is 0.467. The van der Waals surface area contributed by atoms with Gasteiger partial charge in [-0.2, -0.15) is 0 Å². The highest BCUT2D eigenvalue weighted by Crippen LogP contribution is 2.39. The van der Waals surface area contributed by atoms with Crippen LogP contribution in [0.25, 0.3) is 6.08 Å². The summed E-state index contributed by atoms with van der Waals surface area (Å²) < 4.78 is 44.4. The Labute approximate surface area is 208 Å². The second-order valence-electron chi connectivity index (χ2n) is 12.0. The summed E-state index contributed by atoms with van der Waals surface area (Å²) in [6, 6.07) is 8.65. The van der Waals surface area contributed by atoms with Gasteiger partial charge in [-0.1, -0.05) is 78.5 Å². The third kappa shape index (κ3) is 5.44. The van der Waals surface area contributed by atoms with Crippen molar-refractivity contribution in [3.8, 4) is 0 Å². The maximum absolute atomic E-state index is 15.2. The van der Waals surface area contributed by atoms with Crippen LogP contribution in [0.15, 0.2) is 46.9 Å². The number of benzene rings is 2. The number of nitrogens with zero attached hydrogens (tertiary/aromatic N) is 2. The summed E-state index contributed by atoms with van der Waals surface area (Å²) in [6.07, 6.45) is 1.81. The second kappa shape index (κ2) is 8.76. The zero-order valence-electron chi connectivity index (χ0n) is 22.4. The highest BCUT2D eigenvalue weighted by molar-refractivity contribution is 6.19. The van der Waals surface area contributed by atoms with Gasteiger partial charge in [0, 0.05) is 23.6 Å². The molecule has 0 bridgehead atoms. The standard InChI is InChI=1S/C30H37F3N2/c1-11-19-20(15-18(27(2,3)4)16-23(19)28(5,6)7)26-34-17-24(35-26)25-21(29(8,9)31)13-12-14-22(25)30(10,32)33/h11-16H,1,17H2,2-10H3. The van der Waals surface area contributed by atoms with Crippen LogP contribution in [0.3, 0.4) is 0 Å². The number of aliphatic imine (C=N–C) groups is 2. The van der Waals surface area contributed by atoms with Crippen molar-refractivity contribution in [2.24, 2.45) is 9.98 Å². The van der Waals surface area contributed by atoms with E-state index >= 15 is 4.39 Å². The highest BCUT2D eigenvalue weighted by atomic mass is 19.3. The molecule has 0 spiro atoms. The molecule has 2 aromatic rings. The minimum Gasteiger partial charge on any atom is -0.260 e. The summed E-state index contributed by atoms with van der Waals surface area (Å²) in [6.45, 7) is 20.6. The Kier molecular flexibility index (Phi) is 6.73. The van der Waals surface area contributed by atoms with Gasteiger partial charge >= 0.3 is 0 Å². The molecule has 0 unspecified atom stereocenters. The van der Waals surface area contributed by atoms with Gasteiger partial charge in [-0.3, -0.25) is 4.99 Å². The molecular formula is C30H37F3N2. The van der Waals surface area contributed by atoms with E-state index in [9.17, 15) is 8.78 Å². The summed E-state index contributed by atoms with van der Waals surface area (Å²) >= 11 is 0. The number of hydrogen-bond acceptors (Lipinski definition) is 2. The lowest BCUT2D eigenvalue weighted by molar-refractivity contribution is 0.0170. The van der Waals surface area contributed by atoms with Crippen molar-refractivity contribution in [1.82, 2.24) is 0 Å². The van der Waals surface area contributed by atoms with Crippen LogP contribution in [0.5, 0.6) is 0 Å². The molecule has 0 aromatic heterocycles. The van der Waals surface area contributed by atoms with Crippen LogP contribution in [0.1, 0.15) is 101 Å². The Morgan fingerprint density at radius 2 is 1.43 bits per heavy atom. The molecule has 5 heteroatoms. The summed E-state index contributed by atoms with van der Waals surface area (Å²) in [5.74, 6) is -2.69. The van der Waals surface area contributed by atoms with E-state index in [1.807, 2.05) is 6.08 Å². The first-order valence-electron chi connectivity index (χ1n) is 12.0. The first kappa shape index (κ1) is 26.9. The van der Waals surface area contributed by atoms with Crippen molar-refractivity contribution in [3.63, 3.8) is 0 Å². The first-order valence-corrected chi connectivity index (χ1v) is 12.0. The van der Waals surface area contributed by atoms with Crippen LogP contribution >= 0.6 is 0 Å². The van der Waals surface area contributed by atoms with Gasteiger partial charge in [0.2, 0.25) is 0 Å². The van der Waals surface area contributed by atoms with Crippen LogP contribution < -0.4 is 0 Å². The summed E-state index contributed by atoms with van der Waals surface area (Å²) in [5.41, 5.74) is 2.33. The quantitative estimate of drug-likeness (QED) is 0.408. The second-order valence-corrected chi connectivity index (χ2v) is 12.0. The third-order valence-electron chi connectivity index (χ3n) is 6.38. The van der Waals surface area contributed by atoms with Crippen LogP contribution in [-0.2, 0) is 22.4 Å². The number of alkyl halides is 3. The molecule has 35 heavy (non-hydrogen) atoms. The number of rotatable bonds is 5. The molecule has 2 nitrogen and oxygen atoms in total. The van der Waals surface area contributed by atoms with Gasteiger partial charge in [-0.15, -0.1) is 0 Å². The normalized spacial score (nSPS) is 15.2. The van der Waals surface area contributed by atoms with E-state index in [-0.39, 0.29) is 34.1 Å². The van der Waals surface area contributed by atoms with Crippen LogP contribution in [0.2, 0.25) is 0 Å². The molecule has 188 valence electrons. The lowest BCUT2D eigenvalue weighted by Crippen LogP contribution is -2.23. The fourth-order valence-electron chi connectivity index (χ4n) is 4.46. The molecule has 1 aliphatic heterocycles. The first-order chi connectivity index (χ1) is 15.9. The van der Waals surface area contributed by atoms with Crippen molar-refractivity contribution in [1.29, 1.82) is 0 Å². The van der Waals surface area contributed by atoms with E-state index < -0.39 is 11.6 Å². The van der Waals surface area contributed by atoms with Gasteiger partial charge in [0.05, 0.1) is 12.3 Å².